The van der Waals surface area contributed by atoms with Gasteiger partial charge in [-0.05, 0) is 99.4 Å². The Labute approximate surface area is 397 Å². The number of imide groups is 1. The van der Waals surface area contributed by atoms with Gasteiger partial charge in [0.25, 0.3) is 0 Å². The van der Waals surface area contributed by atoms with Crippen molar-refractivity contribution in [3.8, 4) is 0 Å². The quantitative estimate of drug-likeness (QED) is 0.0414. The van der Waals surface area contributed by atoms with Gasteiger partial charge in [-0.25, -0.2) is 4.39 Å². The first-order chi connectivity index (χ1) is 30.7. The zero-order chi connectivity index (χ0) is 49.0. The van der Waals surface area contributed by atoms with Crippen LogP contribution in [0.2, 0.25) is 0 Å². The smallest absolute Gasteiger partial charge is 0.242 e. The number of hydrogen-bond donors (Lipinski definition) is 1. The molecule has 2 aliphatic rings. The number of allylic oxidation sites excluding steroid dienone is 4. The Hall–Kier alpha value is -3.03. The van der Waals surface area contributed by atoms with E-state index in [1.54, 1.807) is 38.1 Å². The predicted octanol–water partition coefficient (Wildman–Crippen LogP) is 10.1. The molecule has 0 saturated carbocycles. The molecule has 2 rings (SSSR count). The molecule has 0 radical (unpaired) electrons. The van der Waals surface area contributed by atoms with Gasteiger partial charge in [0, 0.05) is 53.2 Å². The maximum atomic E-state index is 14.3. The molecule has 0 aromatic heterocycles. The number of unbranched alkanes of at least 4 members (excludes halogenated alkanes) is 2. The molecule has 2 fully saturated rings. The van der Waals surface area contributed by atoms with Gasteiger partial charge in [-0.15, -0.1) is 11.8 Å². The number of nitrogens with one attached hydrogen (secondary N) is 1. The summed E-state index contributed by atoms with van der Waals surface area (Å²) < 4.78 is 25.4. The Balaban J connectivity index is 2.02. The molecule has 0 aromatic rings. The molecule has 1 N–H and O–H groups in total. The van der Waals surface area contributed by atoms with Crippen molar-refractivity contribution in [3.05, 3.63) is 36.2 Å². The second-order valence-electron chi connectivity index (χ2n) is 20.1. The van der Waals surface area contributed by atoms with Gasteiger partial charge in [0.1, 0.15) is 0 Å². The van der Waals surface area contributed by atoms with E-state index in [9.17, 15) is 28.4 Å². The van der Waals surface area contributed by atoms with Crippen molar-refractivity contribution < 1.29 is 37.8 Å². The summed E-state index contributed by atoms with van der Waals surface area (Å²) in [5.74, 6) is 0.161. The van der Waals surface area contributed by atoms with Crippen LogP contribution in [0.1, 0.15) is 159 Å². The Kier molecular flexibility index (Phi) is 25.9. The van der Waals surface area contributed by atoms with Crippen LogP contribution in [0.3, 0.4) is 0 Å². The van der Waals surface area contributed by atoms with Crippen molar-refractivity contribution in [3.63, 3.8) is 0 Å². The fourth-order valence-corrected chi connectivity index (χ4v) is 10.5. The zero-order valence-electron chi connectivity index (χ0n) is 42.7. The lowest BCUT2D eigenvalue weighted by molar-refractivity contribution is -0.146. The summed E-state index contributed by atoms with van der Waals surface area (Å²) in [6, 6.07) is -0.876. The number of ether oxygens (including phenoxy) is 2. The van der Waals surface area contributed by atoms with Gasteiger partial charge in [0.15, 0.2) is 0 Å². The molecular weight excluding hydrogens is 844 g/mol. The lowest BCUT2D eigenvalue weighted by Crippen LogP contribution is -2.53. The van der Waals surface area contributed by atoms with Crippen LogP contribution in [0.25, 0.3) is 0 Å². The topological polar surface area (TPSA) is 126 Å². The van der Waals surface area contributed by atoms with Crippen molar-refractivity contribution in [2.45, 2.75) is 195 Å². The molecule has 65 heavy (non-hydrogen) atoms. The Morgan fingerprint density at radius 1 is 1.00 bits per heavy atom. The highest BCUT2D eigenvalue weighted by molar-refractivity contribution is 8.00. The number of amides is 5. The van der Waals surface area contributed by atoms with Crippen LogP contribution < -0.4 is 5.32 Å². The van der Waals surface area contributed by atoms with E-state index >= 15 is 0 Å². The first kappa shape index (κ1) is 58.1. The third kappa shape index (κ3) is 18.5. The molecular formula is C52H89FN4O7S. The predicted molar refractivity (Wildman–Crippen MR) is 264 cm³/mol. The fraction of sp³-hybridized carbons (Fsp3) is 0.788. The molecule has 9 atom stereocenters. The Bertz CT molecular complexity index is 1600. The first-order valence-electron chi connectivity index (χ1n) is 24.7. The van der Waals surface area contributed by atoms with E-state index in [1.807, 2.05) is 30.7 Å². The van der Waals surface area contributed by atoms with E-state index in [0.29, 0.717) is 44.2 Å². The van der Waals surface area contributed by atoms with Gasteiger partial charge in [0.05, 0.1) is 47.7 Å². The number of halogens is 1. The molecule has 2 heterocycles. The SMILES string of the molecule is C=C/C(=C\C=C(/C)F)CC(C)NC(=O)C(C)C(OC)C1CCCN1C(=O)CC(OC)C(C(C)CC)N(C)C(=O)CC(CCCCCN1C(=O)CC(SCCCC(C)(C)CC)C1=O)C(C)C. The summed E-state index contributed by atoms with van der Waals surface area (Å²) in [6.07, 6.45) is 13.8. The normalized spacial score (nSPS) is 20.7. The molecule has 0 aliphatic carbocycles. The van der Waals surface area contributed by atoms with E-state index in [1.165, 1.54) is 17.9 Å². The second-order valence-corrected chi connectivity index (χ2v) is 21.4. The molecule has 2 saturated heterocycles. The number of carbonyl (C=O) groups is 5. The Morgan fingerprint density at radius 3 is 2.28 bits per heavy atom. The molecule has 0 spiro atoms. The van der Waals surface area contributed by atoms with Crippen molar-refractivity contribution in [2.24, 2.45) is 29.1 Å². The number of thioether (sulfide) groups is 1. The molecule has 11 nitrogen and oxygen atoms in total. The minimum absolute atomic E-state index is 0.0239. The van der Waals surface area contributed by atoms with Gasteiger partial charge < -0.3 is 24.6 Å². The van der Waals surface area contributed by atoms with Crippen LogP contribution in [0, 0.1) is 29.1 Å². The second kappa shape index (κ2) is 29.0. The van der Waals surface area contributed by atoms with Crippen LogP contribution in [0.15, 0.2) is 36.2 Å². The standard InChI is InChI=1S/C52H89FN4O7S/c1-15-36(6)48(43(63-13)33-46(59)56-29-21-24-42(56)49(64-14)39(9)50(61)54-38(8)31-40(16-2)26-25-37(7)53)55(12)45(58)32-41(35(4)5)23-19-18-20-28-57-47(60)34-44(51(57)62)65-30-22-27-52(10,11)17-3/h16,25-26,35-36,38-39,41-44,48-49H,2,15,17-24,27-34H2,1,3-14H3,(H,54,61)/b37-25+,40-26+. The first-order valence-corrected chi connectivity index (χ1v) is 25.7. The highest BCUT2D eigenvalue weighted by atomic mass is 32.2. The van der Waals surface area contributed by atoms with E-state index in [2.05, 4.69) is 60.4 Å². The molecule has 13 heteroatoms. The van der Waals surface area contributed by atoms with Crippen molar-refractivity contribution >= 4 is 41.3 Å². The molecule has 9 unspecified atom stereocenters. The monoisotopic (exact) mass is 933 g/mol. The van der Waals surface area contributed by atoms with Gasteiger partial charge in [-0.2, -0.15) is 0 Å². The highest BCUT2D eigenvalue weighted by Crippen LogP contribution is 2.33. The van der Waals surface area contributed by atoms with E-state index < -0.39 is 18.1 Å². The van der Waals surface area contributed by atoms with Crippen molar-refractivity contribution in [1.29, 1.82) is 0 Å². The molecule has 372 valence electrons. The lowest BCUT2D eigenvalue weighted by Gasteiger charge is -2.40. The van der Waals surface area contributed by atoms with E-state index in [-0.39, 0.29) is 82.9 Å². The number of nitrogens with zero attached hydrogens (tertiary/aromatic N) is 3. The maximum absolute atomic E-state index is 14.3. The molecule has 5 amide bonds. The van der Waals surface area contributed by atoms with E-state index in [0.717, 1.165) is 69.1 Å². The highest BCUT2D eigenvalue weighted by Gasteiger charge is 2.43. The average molecular weight is 933 g/mol. The molecule has 0 bridgehead atoms. The van der Waals surface area contributed by atoms with Crippen LogP contribution in [-0.2, 0) is 33.4 Å². The van der Waals surface area contributed by atoms with Gasteiger partial charge in [0.2, 0.25) is 29.5 Å². The van der Waals surface area contributed by atoms with Crippen LogP contribution in [0.5, 0.6) is 0 Å². The van der Waals surface area contributed by atoms with Gasteiger partial charge in [-0.3, -0.25) is 28.9 Å². The van der Waals surface area contributed by atoms with Crippen LogP contribution >= 0.6 is 11.8 Å². The van der Waals surface area contributed by atoms with Crippen molar-refractivity contribution in [2.75, 3.05) is 40.1 Å². The summed E-state index contributed by atoms with van der Waals surface area (Å²) in [7, 11) is 5.02. The number of likely N-dealkylation sites (N-methyl/N-ethyl adjacent to an activating group) is 1. The minimum atomic E-state index is -0.554. The maximum Gasteiger partial charge on any atom is 0.242 e. The number of hydrogen-bond acceptors (Lipinski definition) is 8. The number of likely N-dealkylation sites (tertiary alicyclic amines) is 2. The van der Waals surface area contributed by atoms with Crippen LogP contribution in [-0.4, -0.2) is 120 Å². The fourth-order valence-electron chi connectivity index (χ4n) is 9.41. The zero-order valence-corrected chi connectivity index (χ0v) is 43.5. The minimum Gasteiger partial charge on any atom is -0.379 e. The summed E-state index contributed by atoms with van der Waals surface area (Å²) in [5.41, 5.74) is 1.10. The van der Waals surface area contributed by atoms with Crippen molar-refractivity contribution in [1.82, 2.24) is 20.0 Å². The Morgan fingerprint density at radius 2 is 1.69 bits per heavy atom. The summed E-state index contributed by atoms with van der Waals surface area (Å²) in [5, 5.41) is 2.81. The third-order valence-corrected chi connectivity index (χ3v) is 15.6. The molecule has 0 aromatic carbocycles. The largest absolute Gasteiger partial charge is 0.379 e. The number of carbonyl (C=O) groups excluding carboxylic acids is 5. The number of rotatable bonds is 31. The summed E-state index contributed by atoms with van der Waals surface area (Å²) in [6.45, 7) is 25.1. The third-order valence-electron chi connectivity index (χ3n) is 14.3. The summed E-state index contributed by atoms with van der Waals surface area (Å²) in [4.78, 5) is 72.9. The summed E-state index contributed by atoms with van der Waals surface area (Å²) >= 11 is 1.63. The van der Waals surface area contributed by atoms with Crippen LogP contribution in [0.4, 0.5) is 4.39 Å². The molecule has 2 aliphatic heterocycles. The number of methoxy groups -OCH3 is 2. The van der Waals surface area contributed by atoms with Gasteiger partial charge in [-0.1, -0.05) is 99.8 Å². The van der Waals surface area contributed by atoms with E-state index in [4.69, 9.17) is 9.47 Å². The lowest BCUT2D eigenvalue weighted by atomic mass is 9.86. The average Bonchev–Trinajstić information content (AvgIpc) is 3.85. The van der Waals surface area contributed by atoms with Gasteiger partial charge >= 0.3 is 0 Å².